The van der Waals surface area contributed by atoms with E-state index in [1.54, 1.807) is 0 Å². The fourth-order valence-corrected chi connectivity index (χ4v) is 1.42. The zero-order chi connectivity index (χ0) is 15.1. The van der Waals surface area contributed by atoms with Gasteiger partial charge in [-0.2, -0.15) is 0 Å². The first-order chi connectivity index (χ1) is 9.50. The molecule has 1 rings (SSSR count). The van der Waals surface area contributed by atoms with Gasteiger partial charge in [0.1, 0.15) is 5.69 Å². The lowest BCUT2D eigenvalue weighted by atomic mass is 10.2. The highest BCUT2D eigenvalue weighted by Crippen LogP contribution is 2.26. The van der Waals surface area contributed by atoms with Crippen molar-refractivity contribution in [2.24, 2.45) is 0 Å². The molecule has 1 aromatic rings. The number of methoxy groups -OCH3 is 1. The summed E-state index contributed by atoms with van der Waals surface area (Å²) in [7, 11) is 1.53. The van der Waals surface area contributed by atoms with E-state index in [0.717, 1.165) is 0 Å². The molecule has 0 atom stereocenters. The van der Waals surface area contributed by atoms with Crippen molar-refractivity contribution < 1.29 is 31.4 Å². The van der Waals surface area contributed by atoms with Crippen LogP contribution in [-0.2, 0) is 9.47 Å². The summed E-state index contributed by atoms with van der Waals surface area (Å²) >= 11 is 0. The summed E-state index contributed by atoms with van der Waals surface area (Å²) in [6, 6.07) is 0. The maximum atomic E-state index is 13.2. The van der Waals surface area contributed by atoms with Gasteiger partial charge in [0.25, 0.3) is 0 Å². The normalized spacial score (nSPS) is 10.9. The van der Waals surface area contributed by atoms with Crippen molar-refractivity contribution in [1.29, 1.82) is 0 Å². The van der Waals surface area contributed by atoms with E-state index in [4.69, 9.17) is 9.47 Å². The Hall–Kier alpha value is -1.41. The van der Waals surface area contributed by atoms with Crippen LogP contribution in [0.4, 0.5) is 27.6 Å². The molecule has 0 fully saturated rings. The molecule has 0 bridgehead atoms. The Morgan fingerprint density at radius 2 is 1.35 bits per heavy atom. The molecule has 1 aromatic carbocycles. The van der Waals surface area contributed by atoms with E-state index in [9.17, 15) is 22.0 Å². The molecule has 0 radical (unpaired) electrons. The van der Waals surface area contributed by atoms with E-state index in [1.807, 2.05) is 0 Å². The molecule has 1 N–H and O–H groups in total. The number of nitrogens with one attached hydrogen (secondary N) is 1. The molecule has 0 saturated heterocycles. The molecule has 0 spiro atoms. The summed E-state index contributed by atoms with van der Waals surface area (Å²) in [6.07, 6.45) is 0.638. The number of ether oxygens (including phenoxy) is 2. The van der Waals surface area contributed by atoms with Gasteiger partial charge < -0.3 is 14.8 Å². The van der Waals surface area contributed by atoms with E-state index in [0.29, 0.717) is 19.6 Å². The Morgan fingerprint density at radius 3 is 1.90 bits per heavy atom. The summed E-state index contributed by atoms with van der Waals surface area (Å²) in [5.74, 6) is -9.91. The van der Waals surface area contributed by atoms with Crippen molar-refractivity contribution in [2.75, 3.05) is 38.8 Å². The number of rotatable bonds is 8. The van der Waals surface area contributed by atoms with Gasteiger partial charge >= 0.3 is 0 Å². The van der Waals surface area contributed by atoms with Gasteiger partial charge in [-0.25, -0.2) is 22.0 Å². The molecule has 0 aliphatic carbocycles. The largest absolute Gasteiger partial charge is 0.385 e. The second-order valence-corrected chi connectivity index (χ2v) is 3.83. The average molecular weight is 299 g/mol. The van der Waals surface area contributed by atoms with Crippen molar-refractivity contribution in [3.63, 3.8) is 0 Å². The van der Waals surface area contributed by atoms with Crippen molar-refractivity contribution in [2.45, 2.75) is 6.42 Å². The molecule has 0 heterocycles. The van der Waals surface area contributed by atoms with Crippen molar-refractivity contribution >= 4 is 5.69 Å². The smallest absolute Gasteiger partial charge is 0.200 e. The van der Waals surface area contributed by atoms with Crippen LogP contribution in [-0.4, -0.2) is 33.5 Å². The molecule has 0 aromatic heterocycles. The highest BCUT2D eigenvalue weighted by Gasteiger charge is 2.25. The third kappa shape index (κ3) is 4.04. The molecular weight excluding hydrogens is 285 g/mol. The van der Waals surface area contributed by atoms with Crippen LogP contribution in [0.1, 0.15) is 6.42 Å². The minimum absolute atomic E-state index is 0.0587. The Balaban J connectivity index is 2.52. The van der Waals surface area contributed by atoms with E-state index in [2.05, 4.69) is 5.32 Å². The van der Waals surface area contributed by atoms with Gasteiger partial charge in [-0.1, -0.05) is 0 Å². The Bertz CT molecular complexity index is 427. The SMILES string of the molecule is COCCCOCCNc1c(F)c(F)c(F)c(F)c1F. The molecule has 0 aliphatic heterocycles. The number of anilines is 1. The van der Waals surface area contributed by atoms with Gasteiger partial charge in [0.05, 0.1) is 6.61 Å². The van der Waals surface area contributed by atoms with E-state index in [-0.39, 0.29) is 13.2 Å². The van der Waals surface area contributed by atoms with Crippen molar-refractivity contribution in [1.82, 2.24) is 0 Å². The summed E-state index contributed by atoms with van der Waals surface area (Å²) in [6.45, 7) is 0.840. The molecule has 0 saturated carbocycles. The first-order valence-corrected chi connectivity index (χ1v) is 5.82. The zero-order valence-corrected chi connectivity index (χ0v) is 10.7. The first kappa shape index (κ1) is 16.6. The predicted molar refractivity (Wildman–Crippen MR) is 62.0 cm³/mol. The van der Waals surface area contributed by atoms with Gasteiger partial charge in [-0.05, 0) is 6.42 Å². The molecule has 0 amide bonds. The molecule has 20 heavy (non-hydrogen) atoms. The lowest BCUT2D eigenvalue weighted by Gasteiger charge is -2.11. The van der Waals surface area contributed by atoms with Crippen LogP contribution in [0, 0.1) is 29.1 Å². The van der Waals surface area contributed by atoms with Crippen LogP contribution in [0.15, 0.2) is 0 Å². The molecule has 0 aliphatic rings. The van der Waals surface area contributed by atoms with E-state index in [1.165, 1.54) is 7.11 Å². The quantitative estimate of drug-likeness (QED) is 0.346. The fraction of sp³-hybridized carbons (Fsp3) is 0.500. The number of hydrogen-bond acceptors (Lipinski definition) is 3. The summed E-state index contributed by atoms with van der Waals surface area (Å²) < 4.78 is 74.8. The second kappa shape index (κ2) is 8.01. The van der Waals surface area contributed by atoms with Crippen LogP contribution in [0.5, 0.6) is 0 Å². The van der Waals surface area contributed by atoms with E-state index >= 15 is 0 Å². The molecular formula is C12H14F5NO2. The van der Waals surface area contributed by atoms with Crippen LogP contribution < -0.4 is 5.32 Å². The highest BCUT2D eigenvalue weighted by atomic mass is 19.2. The van der Waals surface area contributed by atoms with Gasteiger partial charge in [-0.15, -0.1) is 0 Å². The summed E-state index contributed by atoms with van der Waals surface area (Å²) in [5, 5.41) is 2.13. The van der Waals surface area contributed by atoms with Crippen LogP contribution in [0.2, 0.25) is 0 Å². The maximum Gasteiger partial charge on any atom is 0.200 e. The van der Waals surface area contributed by atoms with E-state index < -0.39 is 34.8 Å². The topological polar surface area (TPSA) is 30.5 Å². The Kier molecular flexibility index (Phi) is 6.66. The zero-order valence-electron chi connectivity index (χ0n) is 10.7. The third-order valence-electron chi connectivity index (χ3n) is 2.40. The standard InChI is InChI=1S/C12H14F5NO2/c1-19-4-2-5-20-6-3-18-12-10(16)8(14)7(13)9(15)11(12)17/h18H,2-6H2,1H3. The molecule has 114 valence electrons. The highest BCUT2D eigenvalue weighted by molar-refractivity contribution is 5.47. The third-order valence-corrected chi connectivity index (χ3v) is 2.40. The fourth-order valence-electron chi connectivity index (χ4n) is 1.42. The minimum atomic E-state index is -2.18. The Labute approximate surface area is 112 Å². The Morgan fingerprint density at radius 1 is 0.800 bits per heavy atom. The van der Waals surface area contributed by atoms with Gasteiger partial charge in [0.2, 0.25) is 5.82 Å². The number of hydrogen-bond donors (Lipinski definition) is 1. The molecule has 3 nitrogen and oxygen atoms in total. The van der Waals surface area contributed by atoms with Crippen molar-refractivity contribution in [3.8, 4) is 0 Å². The van der Waals surface area contributed by atoms with Gasteiger partial charge in [-0.3, -0.25) is 0 Å². The lowest BCUT2D eigenvalue weighted by molar-refractivity contribution is 0.109. The summed E-state index contributed by atoms with van der Waals surface area (Å²) in [5.41, 5.74) is -1.05. The van der Waals surface area contributed by atoms with Crippen LogP contribution >= 0.6 is 0 Å². The van der Waals surface area contributed by atoms with Crippen LogP contribution in [0.25, 0.3) is 0 Å². The van der Waals surface area contributed by atoms with Gasteiger partial charge in [0, 0.05) is 26.9 Å². The number of halogens is 5. The summed E-state index contributed by atoms with van der Waals surface area (Å²) in [4.78, 5) is 0. The lowest BCUT2D eigenvalue weighted by Crippen LogP contribution is -2.15. The minimum Gasteiger partial charge on any atom is -0.385 e. The molecule has 8 heteroatoms. The second-order valence-electron chi connectivity index (χ2n) is 3.83. The number of benzene rings is 1. The first-order valence-electron chi connectivity index (χ1n) is 5.82. The maximum absolute atomic E-state index is 13.2. The average Bonchev–Trinajstić information content (AvgIpc) is 2.45. The predicted octanol–water partition coefficient (Wildman–Crippen LogP) is 2.85. The van der Waals surface area contributed by atoms with Crippen molar-refractivity contribution in [3.05, 3.63) is 29.1 Å². The van der Waals surface area contributed by atoms with Gasteiger partial charge in [0.15, 0.2) is 23.3 Å². The van der Waals surface area contributed by atoms with Crippen LogP contribution in [0.3, 0.4) is 0 Å². The molecule has 0 unspecified atom stereocenters. The monoisotopic (exact) mass is 299 g/mol.